The Bertz CT molecular complexity index is 981. The van der Waals surface area contributed by atoms with E-state index in [4.69, 9.17) is 4.74 Å². The molecule has 2 aromatic carbocycles. The number of hydrogen-bond acceptors (Lipinski definition) is 3. The normalized spacial score (nSPS) is 26.7. The lowest BCUT2D eigenvalue weighted by Gasteiger charge is -2.29. The zero-order valence-electron chi connectivity index (χ0n) is 18.9. The van der Waals surface area contributed by atoms with Gasteiger partial charge in [0, 0.05) is 30.7 Å². The lowest BCUT2D eigenvalue weighted by molar-refractivity contribution is 0.0933. The number of nitrogens with one attached hydrogen (secondary N) is 1. The number of carbonyl (C=O) groups is 1. The van der Waals surface area contributed by atoms with Crippen LogP contribution < -0.4 is 10.1 Å². The molecule has 1 aliphatic heterocycles. The first-order valence-electron chi connectivity index (χ1n) is 12.6. The highest BCUT2D eigenvalue weighted by Crippen LogP contribution is 2.38. The van der Waals surface area contributed by atoms with Crippen molar-refractivity contribution in [2.45, 2.75) is 70.0 Å². The van der Waals surface area contributed by atoms with Gasteiger partial charge in [-0.1, -0.05) is 18.2 Å². The van der Waals surface area contributed by atoms with Crippen LogP contribution in [0, 0.1) is 11.8 Å². The van der Waals surface area contributed by atoms with Gasteiger partial charge in [-0.3, -0.25) is 9.69 Å². The Balaban J connectivity index is 1.03. The second-order valence-electron chi connectivity index (χ2n) is 10.6. The molecule has 4 aliphatic rings. The van der Waals surface area contributed by atoms with Crippen molar-refractivity contribution in [1.29, 1.82) is 0 Å². The number of likely N-dealkylation sites (tertiary alicyclic amines) is 1. The number of piperidine rings is 1. The van der Waals surface area contributed by atoms with Crippen molar-refractivity contribution < 1.29 is 9.53 Å². The molecule has 1 saturated heterocycles. The first kappa shape index (κ1) is 20.3. The van der Waals surface area contributed by atoms with Crippen LogP contribution in [0.1, 0.15) is 65.6 Å². The molecule has 0 spiro atoms. The average Bonchev–Trinajstić information content (AvgIpc) is 3.42. The third-order valence-corrected chi connectivity index (χ3v) is 8.04. The maximum atomic E-state index is 12.8. The van der Waals surface area contributed by atoms with Gasteiger partial charge in [0.25, 0.3) is 5.91 Å². The molecule has 0 aromatic heterocycles. The molecule has 4 heteroatoms. The van der Waals surface area contributed by atoms with Gasteiger partial charge in [-0.25, -0.2) is 0 Å². The Hall–Kier alpha value is -2.33. The summed E-state index contributed by atoms with van der Waals surface area (Å²) in [5, 5.41) is 3.26. The molecule has 3 aliphatic carbocycles. The van der Waals surface area contributed by atoms with E-state index in [1.54, 1.807) is 0 Å². The van der Waals surface area contributed by atoms with Gasteiger partial charge < -0.3 is 10.1 Å². The summed E-state index contributed by atoms with van der Waals surface area (Å²) >= 11 is 0. The van der Waals surface area contributed by atoms with Gasteiger partial charge in [-0.2, -0.15) is 0 Å². The van der Waals surface area contributed by atoms with Crippen LogP contribution in [0.15, 0.2) is 42.5 Å². The fourth-order valence-corrected chi connectivity index (χ4v) is 5.95. The minimum atomic E-state index is 0.0212. The van der Waals surface area contributed by atoms with Crippen molar-refractivity contribution in [3.63, 3.8) is 0 Å². The lowest BCUT2D eigenvalue weighted by Crippen LogP contribution is -2.39. The molecule has 0 unspecified atom stereocenters. The number of ether oxygens (including phenoxy) is 1. The Morgan fingerprint density at radius 2 is 1.88 bits per heavy atom. The summed E-state index contributed by atoms with van der Waals surface area (Å²) in [6.45, 7) is 3.20. The molecule has 4 nitrogen and oxygen atoms in total. The topological polar surface area (TPSA) is 41.6 Å². The summed E-state index contributed by atoms with van der Waals surface area (Å²) < 4.78 is 5.78. The van der Waals surface area contributed by atoms with E-state index >= 15 is 0 Å². The molecule has 1 N–H and O–H groups in total. The highest BCUT2D eigenvalue weighted by Gasteiger charge is 2.37. The molecule has 2 bridgehead atoms. The average molecular weight is 431 g/mol. The van der Waals surface area contributed by atoms with Gasteiger partial charge in [-0.05, 0) is 104 Å². The molecule has 0 radical (unpaired) electrons. The summed E-state index contributed by atoms with van der Waals surface area (Å²) in [4.78, 5) is 15.5. The fraction of sp³-hybridized carbons (Fsp3) is 0.536. The fourth-order valence-electron chi connectivity index (χ4n) is 5.95. The van der Waals surface area contributed by atoms with Crippen molar-refractivity contribution >= 4 is 5.91 Å². The molecule has 2 saturated carbocycles. The maximum absolute atomic E-state index is 12.8. The highest BCUT2D eigenvalue weighted by atomic mass is 16.5. The van der Waals surface area contributed by atoms with Crippen LogP contribution in [0.25, 0.3) is 0 Å². The van der Waals surface area contributed by atoms with E-state index in [2.05, 4.69) is 28.4 Å². The number of amides is 1. The summed E-state index contributed by atoms with van der Waals surface area (Å²) in [5.74, 6) is 2.57. The van der Waals surface area contributed by atoms with Crippen molar-refractivity contribution in [1.82, 2.24) is 10.2 Å². The van der Waals surface area contributed by atoms with Gasteiger partial charge >= 0.3 is 0 Å². The SMILES string of the molecule is O=C(N[C@H]1CCc2cc(CN3C[C@@H]4CC[C@H]3C4)ccc2C1)c1ccc(OCC2CC2)cc1. The standard InChI is InChI=1S/C28H34N2O2/c31-28(22-7-11-27(12-8-22)32-18-19-1-2-19)29-25-9-6-23-13-20(3-5-24(23)15-25)16-30-17-21-4-10-26(30)14-21/h3,5,7-8,11-13,19,21,25-26H,1-2,4,6,9-10,14-18H2,(H,29,31)/t21-,25+,26+/m1/s1. The van der Waals surface area contributed by atoms with E-state index in [9.17, 15) is 4.79 Å². The summed E-state index contributed by atoms with van der Waals surface area (Å²) in [5.41, 5.74) is 5.05. The Morgan fingerprint density at radius 3 is 2.62 bits per heavy atom. The van der Waals surface area contributed by atoms with Crippen LogP contribution >= 0.6 is 0 Å². The molecular weight excluding hydrogens is 396 g/mol. The number of hydrogen-bond donors (Lipinski definition) is 1. The lowest BCUT2D eigenvalue weighted by atomic mass is 9.87. The smallest absolute Gasteiger partial charge is 0.251 e. The van der Waals surface area contributed by atoms with Gasteiger partial charge in [-0.15, -0.1) is 0 Å². The molecule has 3 fully saturated rings. The van der Waals surface area contributed by atoms with Crippen LogP contribution in [-0.2, 0) is 19.4 Å². The number of benzene rings is 2. The zero-order chi connectivity index (χ0) is 21.5. The van der Waals surface area contributed by atoms with E-state index in [1.165, 1.54) is 55.3 Å². The Morgan fingerprint density at radius 1 is 1.00 bits per heavy atom. The summed E-state index contributed by atoms with van der Waals surface area (Å²) in [7, 11) is 0. The number of aryl methyl sites for hydroxylation is 1. The quantitative estimate of drug-likeness (QED) is 0.689. The molecule has 6 rings (SSSR count). The second-order valence-corrected chi connectivity index (χ2v) is 10.6. The minimum absolute atomic E-state index is 0.0212. The number of fused-ring (bicyclic) bond motifs is 3. The van der Waals surface area contributed by atoms with Gasteiger partial charge in [0.1, 0.15) is 5.75 Å². The van der Waals surface area contributed by atoms with Crippen LogP contribution in [0.2, 0.25) is 0 Å². The maximum Gasteiger partial charge on any atom is 0.251 e. The number of nitrogens with zero attached hydrogens (tertiary/aromatic N) is 1. The largest absolute Gasteiger partial charge is 0.493 e. The van der Waals surface area contributed by atoms with E-state index in [0.717, 1.165) is 56.0 Å². The molecule has 168 valence electrons. The van der Waals surface area contributed by atoms with Crippen LogP contribution in [-0.4, -0.2) is 36.0 Å². The van der Waals surface area contributed by atoms with Crippen molar-refractivity contribution in [3.8, 4) is 5.75 Å². The molecule has 2 aromatic rings. The first-order valence-corrected chi connectivity index (χ1v) is 12.6. The van der Waals surface area contributed by atoms with E-state index in [-0.39, 0.29) is 11.9 Å². The molecular formula is C28H34N2O2. The minimum Gasteiger partial charge on any atom is -0.493 e. The summed E-state index contributed by atoms with van der Waals surface area (Å²) in [6, 6.07) is 15.7. The summed E-state index contributed by atoms with van der Waals surface area (Å²) in [6.07, 6.45) is 9.81. The zero-order valence-corrected chi connectivity index (χ0v) is 18.9. The molecule has 3 atom stereocenters. The van der Waals surface area contributed by atoms with Crippen LogP contribution in [0.5, 0.6) is 5.75 Å². The predicted octanol–water partition coefficient (Wildman–Crippen LogP) is 4.75. The van der Waals surface area contributed by atoms with E-state index in [1.807, 2.05) is 24.3 Å². The number of carbonyl (C=O) groups excluding carboxylic acids is 1. The van der Waals surface area contributed by atoms with Crippen molar-refractivity contribution in [2.24, 2.45) is 11.8 Å². The third-order valence-electron chi connectivity index (χ3n) is 8.04. The second kappa shape index (κ2) is 8.55. The highest BCUT2D eigenvalue weighted by molar-refractivity contribution is 5.94. The van der Waals surface area contributed by atoms with E-state index < -0.39 is 0 Å². The first-order chi connectivity index (χ1) is 15.7. The van der Waals surface area contributed by atoms with Crippen molar-refractivity contribution in [2.75, 3.05) is 13.2 Å². The molecule has 1 amide bonds. The van der Waals surface area contributed by atoms with Crippen molar-refractivity contribution in [3.05, 3.63) is 64.7 Å². The molecule has 32 heavy (non-hydrogen) atoms. The number of rotatable bonds is 7. The third kappa shape index (κ3) is 4.43. The van der Waals surface area contributed by atoms with Gasteiger partial charge in [0.2, 0.25) is 0 Å². The monoisotopic (exact) mass is 430 g/mol. The Labute approximate surface area is 191 Å². The van der Waals surface area contributed by atoms with Gasteiger partial charge in [0.15, 0.2) is 0 Å². The molecule has 1 heterocycles. The predicted molar refractivity (Wildman–Crippen MR) is 126 cm³/mol. The van der Waals surface area contributed by atoms with Gasteiger partial charge in [0.05, 0.1) is 6.61 Å². The Kier molecular flexibility index (Phi) is 5.42. The van der Waals surface area contributed by atoms with Crippen LogP contribution in [0.3, 0.4) is 0 Å². The van der Waals surface area contributed by atoms with E-state index in [0.29, 0.717) is 5.56 Å². The van der Waals surface area contributed by atoms with Crippen LogP contribution in [0.4, 0.5) is 0 Å².